The standard InChI is InChI=1S/C17H23NO2/c1-4-17(10-6-5-7-11-17)18-13-14-8-9-15(19-2)16(12-14)20-3/h5-10,12,18H,4,11,13H2,1-3H3/t17-/m0/s1. The van der Waals surface area contributed by atoms with Crippen molar-refractivity contribution in [1.82, 2.24) is 5.32 Å². The van der Waals surface area contributed by atoms with Crippen LogP contribution in [0, 0.1) is 0 Å². The van der Waals surface area contributed by atoms with Crippen molar-refractivity contribution in [3.8, 4) is 11.5 Å². The number of hydrogen-bond donors (Lipinski definition) is 1. The van der Waals surface area contributed by atoms with Gasteiger partial charge in [-0.1, -0.05) is 37.3 Å². The van der Waals surface area contributed by atoms with Crippen molar-refractivity contribution in [2.45, 2.75) is 31.8 Å². The highest BCUT2D eigenvalue weighted by molar-refractivity contribution is 5.43. The number of allylic oxidation sites excluding steroid dienone is 2. The van der Waals surface area contributed by atoms with Crippen molar-refractivity contribution < 1.29 is 9.47 Å². The van der Waals surface area contributed by atoms with Gasteiger partial charge in [0.2, 0.25) is 0 Å². The first-order valence-electron chi connectivity index (χ1n) is 7.03. The molecular formula is C17H23NO2. The third-order valence-electron chi connectivity index (χ3n) is 3.87. The highest BCUT2D eigenvalue weighted by Crippen LogP contribution is 2.28. The van der Waals surface area contributed by atoms with E-state index in [0.29, 0.717) is 0 Å². The van der Waals surface area contributed by atoms with Gasteiger partial charge in [-0.15, -0.1) is 0 Å². The first kappa shape index (κ1) is 14.7. The zero-order chi connectivity index (χ0) is 14.4. The zero-order valence-electron chi connectivity index (χ0n) is 12.5. The fraction of sp³-hybridized carbons (Fsp3) is 0.412. The van der Waals surface area contributed by atoms with Crippen molar-refractivity contribution in [2.75, 3.05) is 14.2 Å². The maximum atomic E-state index is 5.34. The summed E-state index contributed by atoms with van der Waals surface area (Å²) in [4.78, 5) is 0. The summed E-state index contributed by atoms with van der Waals surface area (Å²) in [6.07, 6.45) is 10.8. The molecule has 0 aromatic heterocycles. The molecule has 0 aliphatic heterocycles. The van der Waals surface area contributed by atoms with E-state index in [1.165, 1.54) is 5.56 Å². The Hall–Kier alpha value is -1.74. The Balaban J connectivity index is 2.07. The van der Waals surface area contributed by atoms with Gasteiger partial charge in [0.15, 0.2) is 11.5 Å². The van der Waals surface area contributed by atoms with E-state index < -0.39 is 0 Å². The van der Waals surface area contributed by atoms with Crippen LogP contribution in [0.25, 0.3) is 0 Å². The summed E-state index contributed by atoms with van der Waals surface area (Å²) in [6, 6.07) is 6.04. The van der Waals surface area contributed by atoms with Crippen LogP contribution in [0.4, 0.5) is 0 Å². The van der Waals surface area contributed by atoms with Gasteiger partial charge in [-0.05, 0) is 30.5 Å². The van der Waals surface area contributed by atoms with Crippen molar-refractivity contribution in [2.24, 2.45) is 0 Å². The molecule has 0 fully saturated rings. The normalized spacial score (nSPS) is 20.9. The maximum Gasteiger partial charge on any atom is 0.161 e. The van der Waals surface area contributed by atoms with Gasteiger partial charge < -0.3 is 14.8 Å². The Morgan fingerprint density at radius 3 is 2.55 bits per heavy atom. The molecule has 1 N–H and O–H groups in total. The molecule has 0 spiro atoms. The molecule has 0 saturated heterocycles. The first-order valence-corrected chi connectivity index (χ1v) is 7.03. The van der Waals surface area contributed by atoms with Crippen molar-refractivity contribution in [3.05, 3.63) is 48.1 Å². The molecule has 0 bridgehead atoms. The Kier molecular flexibility index (Phi) is 4.85. The van der Waals surface area contributed by atoms with Gasteiger partial charge in [0, 0.05) is 12.1 Å². The third kappa shape index (κ3) is 3.23. The summed E-state index contributed by atoms with van der Waals surface area (Å²) in [6.45, 7) is 3.03. The monoisotopic (exact) mass is 273 g/mol. The van der Waals surface area contributed by atoms with Crippen molar-refractivity contribution >= 4 is 0 Å². The number of methoxy groups -OCH3 is 2. The predicted molar refractivity (Wildman–Crippen MR) is 82.3 cm³/mol. The lowest BCUT2D eigenvalue weighted by molar-refractivity contribution is 0.353. The number of ether oxygens (including phenoxy) is 2. The van der Waals surface area contributed by atoms with Crippen molar-refractivity contribution in [3.63, 3.8) is 0 Å². The summed E-state index contributed by atoms with van der Waals surface area (Å²) >= 11 is 0. The van der Waals surface area contributed by atoms with Crippen LogP contribution in [0.1, 0.15) is 25.3 Å². The van der Waals surface area contributed by atoms with E-state index in [1.807, 2.05) is 12.1 Å². The smallest absolute Gasteiger partial charge is 0.161 e. The minimum Gasteiger partial charge on any atom is -0.493 e. The number of rotatable bonds is 6. The average molecular weight is 273 g/mol. The Labute approximate surface area is 121 Å². The summed E-state index contributed by atoms with van der Waals surface area (Å²) in [5, 5.41) is 3.66. The molecule has 0 amide bonds. The Morgan fingerprint density at radius 2 is 1.95 bits per heavy atom. The summed E-state index contributed by atoms with van der Waals surface area (Å²) in [5.74, 6) is 1.54. The predicted octanol–water partition coefficient (Wildman–Crippen LogP) is 3.46. The molecule has 0 radical (unpaired) electrons. The molecule has 1 aromatic carbocycles. The number of benzene rings is 1. The van der Waals surface area contributed by atoms with E-state index in [0.717, 1.165) is 30.9 Å². The van der Waals surface area contributed by atoms with Crippen LogP contribution in [-0.2, 0) is 6.54 Å². The van der Waals surface area contributed by atoms with Crippen LogP contribution >= 0.6 is 0 Å². The van der Waals surface area contributed by atoms with Crippen LogP contribution in [0.15, 0.2) is 42.5 Å². The van der Waals surface area contributed by atoms with Crippen LogP contribution in [-0.4, -0.2) is 19.8 Å². The lowest BCUT2D eigenvalue weighted by Crippen LogP contribution is -2.42. The number of hydrogen-bond acceptors (Lipinski definition) is 3. The van der Waals surface area contributed by atoms with Gasteiger partial charge >= 0.3 is 0 Å². The molecule has 0 heterocycles. The molecule has 1 aliphatic rings. The molecule has 20 heavy (non-hydrogen) atoms. The molecule has 1 aliphatic carbocycles. The lowest BCUT2D eigenvalue weighted by Gasteiger charge is -2.31. The van der Waals surface area contributed by atoms with E-state index in [4.69, 9.17) is 9.47 Å². The Morgan fingerprint density at radius 1 is 1.15 bits per heavy atom. The summed E-state index contributed by atoms with van der Waals surface area (Å²) in [5.41, 5.74) is 1.26. The first-order chi connectivity index (χ1) is 9.73. The zero-order valence-corrected chi connectivity index (χ0v) is 12.5. The highest BCUT2D eigenvalue weighted by Gasteiger charge is 2.23. The molecule has 0 saturated carbocycles. The number of nitrogens with one attached hydrogen (secondary N) is 1. The minimum absolute atomic E-state index is 0.0713. The van der Waals surface area contributed by atoms with Gasteiger partial charge in [0.05, 0.1) is 14.2 Å². The van der Waals surface area contributed by atoms with Gasteiger partial charge in [0.25, 0.3) is 0 Å². The van der Waals surface area contributed by atoms with E-state index in [-0.39, 0.29) is 5.54 Å². The van der Waals surface area contributed by atoms with Gasteiger partial charge in [-0.2, -0.15) is 0 Å². The third-order valence-corrected chi connectivity index (χ3v) is 3.87. The minimum atomic E-state index is 0.0713. The fourth-order valence-corrected chi connectivity index (χ4v) is 2.45. The van der Waals surface area contributed by atoms with Crippen LogP contribution < -0.4 is 14.8 Å². The molecule has 1 aromatic rings. The van der Waals surface area contributed by atoms with Gasteiger partial charge in [-0.3, -0.25) is 0 Å². The fourth-order valence-electron chi connectivity index (χ4n) is 2.45. The summed E-state index contributed by atoms with van der Waals surface area (Å²) in [7, 11) is 3.32. The second kappa shape index (κ2) is 6.62. The van der Waals surface area contributed by atoms with Crippen molar-refractivity contribution in [1.29, 1.82) is 0 Å². The molecule has 0 unspecified atom stereocenters. The molecule has 3 nitrogen and oxygen atoms in total. The molecular weight excluding hydrogens is 250 g/mol. The maximum absolute atomic E-state index is 5.34. The quantitative estimate of drug-likeness (QED) is 0.861. The largest absolute Gasteiger partial charge is 0.493 e. The molecule has 3 heteroatoms. The Bertz CT molecular complexity index is 508. The topological polar surface area (TPSA) is 30.5 Å². The average Bonchev–Trinajstić information content (AvgIpc) is 2.53. The molecule has 2 rings (SSSR count). The molecule has 1 atom stereocenters. The van der Waals surface area contributed by atoms with Crippen LogP contribution in [0.5, 0.6) is 11.5 Å². The summed E-state index contributed by atoms with van der Waals surface area (Å²) < 4.78 is 10.6. The molecule has 108 valence electrons. The van der Waals surface area contributed by atoms with Crippen LogP contribution in [0.2, 0.25) is 0 Å². The van der Waals surface area contributed by atoms with Crippen LogP contribution in [0.3, 0.4) is 0 Å². The van der Waals surface area contributed by atoms with E-state index >= 15 is 0 Å². The SMILES string of the molecule is CC[C@]1(NCc2ccc(OC)c(OC)c2)C=CC=CC1. The lowest BCUT2D eigenvalue weighted by atomic mass is 9.88. The van der Waals surface area contributed by atoms with E-state index in [9.17, 15) is 0 Å². The van der Waals surface area contributed by atoms with Gasteiger partial charge in [-0.25, -0.2) is 0 Å². The van der Waals surface area contributed by atoms with Gasteiger partial charge in [0.1, 0.15) is 0 Å². The second-order valence-electron chi connectivity index (χ2n) is 5.04. The highest BCUT2D eigenvalue weighted by atomic mass is 16.5. The van der Waals surface area contributed by atoms with E-state index in [1.54, 1.807) is 14.2 Å². The van der Waals surface area contributed by atoms with E-state index in [2.05, 4.69) is 42.6 Å². The second-order valence-corrected chi connectivity index (χ2v) is 5.04.